The highest BCUT2D eigenvalue weighted by molar-refractivity contribution is 7.98. The number of carbonyl (C=O) groups excluding carboxylic acids is 1. The molecule has 152 valence electrons. The van der Waals surface area contributed by atoms with Crippen LogP contribution in [0.1, 0.15) is 39.1 Å². The molecule has 1 aromatic heterocycles. The summed E-state index contributed by atoms with van der Waals surface area (Å²) in [6.07, 6.45) is 4.79. The molecule has 0 aliphatic rings. The number of nitrogen functional groups attached to an aromatic ring is 1. The molecule has 1 unspecified atom stereocenters. The standard InChI is InChI=1S/C22H26N4OS2/c1-28-13-12-19(24)22-26-20(14-29-22)21(27)25-18-10-6-16(7-11-18)3-2-15-4-8-17(23)9-5-15/h4-11,14,19H,2-3,12-13,23-24H2,1H3,(H,25,27). The van der Waals surface area contributed by atoms with E-state index in [1.165, 1.54) is 22.5 Å². The molecule has 7 heteroatoms. The van der Waals surface area contributed by atoms with Crippen molar-refractivity contribution < 1.29 is 4.79 Å². The molecule has 0 saturated heterocycles. The van der Waals surface area contributed by atoms with Crippen LogP contribution in [-0.4, -0.2) is 22.9 Å². The Bertz CT molecular complexity index is 923. The molecule has 0 spiro atoms. The fourth-order valence-electron chi connectivity index (χ4n) is 2.85. The van der Waals surface area contributed by atoms with E-state index in [-0.39, 0.29) is 11.9 Å². The number of aromatic nitrogens is 1. The van der Waals surface area contributed by atoms with Crippen LogP contribution in [0.3, 0.4) is 0 Å². The maximum Gasteiger partial charge on any atom is 0.275 e. The third kappa shape index (κ3) is 6.32. The maximum atomic E-state index is 12.5. The van der Waals surface area contributed by atoms with Gasteiger partial charge < -0.3 is 16.8 Å². The molecule has 0 bridgehead atoms. The van der Waals surface area contributed by atoms with E-state index >= 15 is 0 Å². The number of rotatable bonds is 9. The summed E-state index contributed by atoms with van der Waals surface area (Å²) in [5.41, 5.74) is 16.3. The molecule has 2 aromatic carbocycles. The highest BCUT2D eigenvalue weighted by Crippen LogP contribution is 2.21. The zero-order valence-electron chi connectivity index (χ0n) is 16.4. The molecule has 0 saturated carbocycles. The third-order valence-corrected chi connectivity index (χ3v) is 6.22. The minimum Gasteiger partial charge on any atom is -0.399 e. The third-order valence-electron chi connectivity index (χ3n) is 4.60. The average Bonchev–Trinajstić information content (AvgIpc) is 3.23. The van der Waals surface area contributed by atoms with Gasteiger partial charge in [0.15, 0.2) is 0 Å². The number of aryl methyl sites for hydroxylation is 2. The van der Waals surface area contributed by atoms with Gasteiger partial charge in [0.25, 0.3) is 5.91 Å². The van der Waals surface area contributed by atoms with Crippen LogP contribution in [0.25, 0.3) is 0 Å². The number of thioether (sulfide) groups is 1. The molecule has 1 atom stereocenters. The Balaban J connectivity index is 1.53. The molecule has 3 rings (SSSR count). The van der Waals surface area contributed by atoms with Crippen molar-refractivity contribution in [2.24, 2.45) is 5.73 Å². The minimum atomic E-state index is -0.209. The fourth-order valence-corrected chi connectivity index (χ4v) is 4.18. The Morgan fingerprint density at radius 2 is 1.72 bits per heavy atom. The van der Waals surface area contributed by atoms with Crippen molar-refractivity contribution in [1.82, 2.24) is 4.98 Å². The number of amides is 1. The van der Waals surface area contributed by atoms with Gasteiger partial charge in [0.2, 0.25) is 0 Å². The maximum absolute atomic E-state index is 12.5. The Morgan fingerprint density at radius 1 is 1.10 bits per heavy atom. The van der Waals surface area contributed by atoms with Crippen LogP contribution in [0.5, 0.6) is 0 Å². The Hall–Kier alpha value is -2.35. The van der Waals surface area contributed by atoms with E-state index in [1.807, 2.05) is 36.4 Å². The molecular weight excluding hydrogens is 400 g/mol. The number of hydrogen-bond acceptors (Lipinski definition) is 6. The van der Waals surface area contributed by atoms with Crippen molar-refractivity contribution in [1.29, 1.82) is 0 Å². The van der Waals surface area contributed by atoms with E-state index in [0.29, 0.717) is 5.69 Å². The molecule has 5 N–H and O–H groups in total. The lowest BCUT2D eigenvalue weighted by atomic mass is 10.0. The predicted octanol–water partition coefficient (Wildman–Crippen LogP) is 4.52. The fraction of sp³-hybridized carbons (Fsp3) is 0.273. The van der Waals surface area contributed by atoms with Crippen LogP contribution in [0, 0.1) is 0 Å². The topological polar surface area (TPSA) is 94.0 Å². The van der Waals surface area contributed by atoms with Gasteiger partial charge in [-0.2, -0.15) is 11.8 Å². The summed E-state index contributed by atoms with van der Waals surface area (Å²) in [5.74, 6) is 0.770. The zero-order valence-corrected chi connectivity index (χ0v) is 18.1. The van der Waals surface area contributed by atoms with E-state index in [0.717, 1.165) is 41.4 Å². The molecule has 0 aliphatic heterocycles. The summed E-state index contributed by atoms with van der Waals surface area (Å²) >= 11 is 3.20. The summed E-state index contributed by atoms with van der Waals surface area (Å²) in [6.45, 7) is 0. The van der Waals surface area contributed by atoms with E-state index in [9.17, 15) is 4.79 Å². The second-order valence-corrected chi connectivity index (χ2v) is 8.73. The van der Waals surface area contributed by atoms with Crippen LogP contribution >= 0.6 is 23.1 Å². The number of thiazole rings is 1. The van der Waals surface area contributed by atoms with Gasteiger partial charge in [0.05, 0.1) is 6.04 Å². The summed E-state index contributed by atoms with van der Waals surface area (Å²) < 4.78 is 0. The summed E-state index contributed by atoms with van der Waals surface area (Å²) in [5, 5.41) is 5.48. The number of anilines is 2. The largest absolute Gasteiger partial charge is 0.399 e. The van der Waals surface area contributed by atoms with Crippen molar-refractivity contribution in [2.75, 3.05) is 23.1 Å². The normalized spacial score (nSPS) is 11.9. The van der Waals surface area contributed by atoms with E-state index in [4.69, 9.17) is 11.5 Å². The van der Waals surface area contributed by atoms with Gasteiger partial charge in [0.1, 0.15) is 10.7 Å². The van der Waals surface area contributed by atoms with Crippen LogP contribution < -0.4 is 16.8 Å². The van der Waals surface area contributed by atoms with Gasteiger partial charge in [-0.25, -0.2) is 4.98 Å². The minimum absolute atomic E-state index is 0.116. The van der Waals surface area contributed by atoms with Crippen molar-refractivity contribution in [3.05, 3.63) is 75.7 Å². The second kappa shape index (κ2) is 10.4. The van der Waals surface area contributed by atoms with Gasteiger partial charge >= 0.3 is 0 Å². The number of nitrogens with zero attached hydrogens (tertiary/aromatic N) is 1. The summed E-state index contributed by atoms with van der Waals surface area (Å²) in [7, 11) is 0. The van der Waals surface area contributed by atoms with Crippen LogP contribution in [0.4, 0.5) is 11.4 Å². The van der Waals surface area contributed by atoms with Crippen molar-refractivity contribution in [2.45, 2.75) is 25.3 Å². The second-order valence-electron chi connectivity index (χ2n) is 6.85. The molecule has 29 heavy (non-hydrogen) atoms. The van der Waals surface area contributed by atoms with Gasteiger partial charge in [-0.05, 0) is 66.7 Å². The molecule has 1 amide bonds. The lowest BCUT2D eigenvalue weighted by Crippen LogP contribution is -2.14. The van der Waals surface area contributed by atoms with Crippen molar-refractivity contribution in [3.8, 4) is 0 Å². The number of carbonyl (C=O) groups is 1. The lowest BCUT2D eigenvalue weighted by molar-refractivity contribution is 0.102. The number of benzene rings is 2. The van der Waals surface area contributed by atoms with Crippen LogP contribution in [0.2, 0.25) is 0 Å². The molecule has 5 nitrogen and oxygen atoms in total. The first kappa shape index (κ1) is 21.4. The van der Waals surface area contributed by atoms with Crippen molar-refractivity contribution in [3.63, 3.8) is 0 Å². The van der Waals surface area contributed by atoms with Gasteiger partial charge in [-0.1, -0.05) is 24.3 Å². The van der Waals surface area contributed by atoms with E-state index < -0.39 is 0 Å². The molecule has 3 aromatic rings. The molecule has 0 radical (unpaired) electrons. The molecule has 1 heterocycles. The van der Waals surface area contributed by atoms with Gasteiger partial charge in [-0.3, -0.25) is 4.79 Å². The Morgan fingerprint density at radius 3 is 2.34 bits per heavy atom. The molecule has 0 aliphatic carbocycles. The lowest BCUT2D eigenvalue weighted by Gasteiger charge is -2.07. The first-order valence-electron chi connectivity index (χ1n) is 9.50. The Kier molecular flexibility index (Phi) is 7.69. The van der Waals surface area contributed by atoms with Crippen LogP contribution in [-0.2, 0) is 12.8 Å². The number of nitrogens with two attached hydrogens (primary N) is 2. The van der Waals surface area contributed by atoms with Crippen LogP contribution in [0.15, 0.2) is 53.9 Å². The quantitative estimate of drug-likeness (QED) is 0.438. The number of nitrogens with one attached hydrogen (secondary N) is 1. The summed E-state index contributed by atoms with van der Waals surface area (Å²) in [4.78, 5) is 16.9. The predicted molar refractivity (Wildman–Crippen MR) is 125 cm³/mol. The Labute approximate surface area is 179 Å². The first-order valence-corrected chi connectivity index (χ1v) is 11.8. The van der Waals surface area contributed by atoms with E-state index in [1.54, 1.807) is 17.1 Å². The molecular formula is C22H26N4OS2. The highest BCUT2D eigenvalue weighted by Gasteiger charge is 2.15. The number of hydrogen-bond donors (Lipinski definition) is 3. The average molecular weight is 427 g/mol. The zero-order chi connectivity index (χ0) is 20.6. The van der Waals surface area contributed by atoms with Crippen molar-refractivity contribution >= 4 is 40.4 Å². The summed E-state index contributed by atoms with van der Waals surface area (Å²) in [6, 6.07) is 15.8. The van der Waals surface area contributed by atoms with Gasteiger partial charge in [-0.15, -0.1) is 11.3 Å². The first-order chi connectivity index (χ1) is 14.0. The van der Waals surface area contributed by atoms with E-state index in [2.05, 4.69) is 28.7 Å². The SMILES string of the molecule is CSCCC(N)c1nc(C(=O)Nc2ccc(CCc3ccc(N)cc3)cc2)cs1. The highest BCUT2D eigenvalue weighted by atomic mass is 32.2. The smallest absolute Gasteiger partial charge is 0.275 e. The van der Waals surface area contributed by atoms with Gasteiger partial charge in [0, 0.05) is 16.8 Å². The monoisotopic (exact) mass is 426 g/mol. The molecule has 0 fully saturated rings.